The molecule has 186 valence electrons. The highest BCUT2D eigenvalue weighted by Gasteiger charge is 2.34. The number of pyridine rings is 1. The Morgan fingerprint density at radius 1 is 1.00 bits per heavy atom. The second kappa shape index (κ2) is 10.1. The molecule has 0 unspecified atom stereocenters. The number of para-hydroxylation sites is 1. The van der Waals surface area contributed by atoms with Crippen LogP contribution in [0, 0.1) is 13.8 Å². The molecule has 1 amide bonds. The predicted molar refractivity (Wildman–Crippen MR) is 129 cm³/mol. The minimum Gasteiger partial charge on any atom is -0.481 e. The summed E-state index contributed by atoms with van der Waals surface area (Å²) >= 11 is 0. The molecule has 10 heteroatoms. The van der Waals surface area contributed by atoms with Gasteiger partial charge in [-0.25, -0.2) is 0 Å². The first-order chi connectivity index (χ1) is 17.2. The van der Waals surface area contributed by atoms with Crippen LogP contribution >= 0.6 is 0 Å². The lowest BCUT2D eigenvalue weighted by atomic mass is 10.00. The van der Waals surface area contributed by atoms with Crippen molar-refractivity contribution < 1.29 is 27.8 Å². The standard InChI is InChI=1S/C26H24F2N4O4/c1-15-9-10-18(16(2)11-15)26(27,28)14-30-24(33)23-17-7-5-6-8-19(17)29-13-20(23)36-25-31-21(34-3)12-22(32-25)35-4/h5-13H,14H2,1-4H3,(H,30,33). The van der Waals surface area contributed by atoms with Gasteiger partial charge in [-0.3, -0.25) is 9.78 Å². The number of alkyl halides is 2. The van der Waals surface area contributed by atoms with E-state index in [1.54, 1.807) is 43.3 Å². The molecule has 4 aromatic rings. The number of fused-ring (bicyclic) bond motifs is 1. The Kier molecular flexibility index (Phi) is 6.96. The molecule has 0 spiro atoms. The van der Waals surface area contributed by atoms with E-state index in [1.807, 2.05) is 6.92 Å². The highest BCUT2D eigenvalue weighted by molar-refractivity contribution is 6.08. The van der Waals surface area contributed by atoms with Gasteiger partial charge in [0.15, 0.2) is 5.75 Å². The Morgan fingerprint density at radius 2 is 1.69 bits per heavy atom. The summed E-state index contributed by atoms with van der Waals surface area (Å²) in [6.45, 7) is 2.53. The Morgan fingerprint density at radius 3 is 2.36 bits per heavy atom. The SMILES string of the molecule is COc1cc(OC)nc(Oc2cnc3ccccc3c2C(=O)NCC(F)(F)c2ccc(C)cc2C)n1. The van der Waals surface area contributed by atoms with Crippen LogP contribution in [0.3, 0.4) is 0 Å². The highest BCUT2D eigenvalue weighted by atomic mass is 19.3. The molecule has 0 bridgehead atoms. The van der Waals surface area contributed by atoms with Gasteiger partial charge in [0.2, 0.25) is 11.8 Å². The molecule has 2 aromatic carbocycles. The van der Waals surface area contributed by atoms with Crippen LogP contribution < -0.4 is 19.5 Å². The fraction of sp³-hybridized carbons (Fsp3) is 0.231. The molecule has 4 rings (SSSR count). The molecule has 0 radical (unpaired) electrons. The van der Waals surface area contributed by atoms with E-state index >= 15 is 8.78 Å². The Bertz CT molecular complexity index is 1410. The van der Waals surface area contributed by atoms with Crippen LogP contribution in [0.4, 0.5) is 8.78 Å². The van der Waals surface area contributed by atoms with E-state index in [0.717, 1.165) is 5.56 Å². The number of methoxy groups -OCH3 is 2. The zero-order valence-electron chi connectivity index (χ0n) is 20.1. The van der Waals surface area contributed by atoms with Crippen LogP contribution in [0.25, 0.3) is 10.9 Å². The van der Waals surface area contributed by atoms with Crippen LogP contribution in [0.2, 0.25) is 0 Å². The van der Waals surface area contributed by atoms with E-state index in [-0.39, 0.29) is 34.6 Å². The number of aryl methyl sites for hydroxylation is 2. The highest BCUT2D eigenvalue weighted by Crippen LogP contribution is 2.33. The Balaban J connectivity index is 1.68. The lowest BCUT2D eigenvalue weighted by Gasteiger charge is -2.20. The zero-order chi connectivity index (χ0) is 25.9. The average Bonchev–Trinajstić information content (AvgIpc) is 2.86. The summed E-state index contributed by atoms with van der Waals surface area (Å²) in [5.74, 6) is -3.73. The maximum absolute atomic E-state index is 15.0. The average molecular weight is 494 g/mol. The molecule has 2 heterocycles. The predicted octanol–water partition coefficient (Wildman–Crippen LogP) is 4.97. The summed E-state index contributed by atoms with van der Waals surface area (Å²) in [5.41, 5.74) is 1.67. The van der Waals surface area contributed by atoms with Crippen molar-refractivity contribution in [3.63, 3.8) is 0 Å². The third-order valence-corrected chi connectivity index (χ3v) is 5.49. The third-order valence-electron chi connectivity index (χ3n) is 5.49. The Labute approximate surface area is 206 Å². The summed E-state index contributed by atoms with van der Waals surface area (Å²) in [6.07, 6.45) is 1.31. The lowest BCUT2D eigenvalue weighted by Crippen LogP contribution is -2.35. The van der Waals surface area contributed by atoms with Gasteiger partial charge in [-0.15, -0.1) is 0 Å². The smallest absolute Gasteiger partial charge is 0.328 e. The van der Waals surface area contributed by atoms with E-state index < -0.39 is 18.4 Å². The van der Waals surface area contributed by atoms with Crippen molar-refractivity contribution >= 4 is 16.8 Å². The van der Waals surface area contributed by atoms with E-state index in [1.165, 1.54) is 32.5 Å². The molecule has 36 heavy (non-hydrogen) atoms. The maximum atomic E-state index is 15.0. The van der Waals surface area contributed by atoms with Crippen molar-refractivity contribution in [2.75, 3.05) is 20.8 Å². The van der Waals surface area contributed by atoms with Crippen molar-refractivity contribution in [3.8, 4) is 23.5 Å². The van der Waals surface area contributed by atoms with Crippen molar-refractivity contribution in [2.45, 2.75) is 19.8 Å². The maximum Gasteiger partial charge on any atom is 0.328 e. The minimum atomic E-state index is -3.29. The second-order valence-corrected chi connectivity index (χ2v) is 8.06. The number of amides is 1. The first-order valence-electron chi connectivity index (χ1n) is 11.0. The summed E-state index contributed by atoms with van der Waals surface area (Å²) in [7, 11) is 2.83. The van der Waals surface area contributed by atoms with Gasteiger partial charge in [0.1, 0.15) is 0 Å². The van der Waals surface area contributed by atoms with Crippen molar-refractivity contribution in [1.82, 2.24) is 20.3 Å². The molecule has 0 aliphatic carbocycles. The zero-order valence-corrected chi connectivity index (χ0v) is 20.1. The second-order valence-electron chi connectivity index (χ2n) is 8.06. The first-order valence-corrected chi connectivity index (χ1v) is 11.0. The number of rotatable bonds is 8. The molecule has 2 aromatic heterocycles. The summed E-state index contributed by atoms with van der Waals surface area (Å²) in [6, 6.07) is 12.8. The fourth-order valence-electron chi connectivity index (χ4n) is 3.77. The molecule has 0 saturated heterocycles. The number of halogens is 2. The molecule has 8 nitrogen and oxygen atoms in total. The topological polar surface area (TPSA) is 95.5 Å². The molecular weight excluding hydrogens is 470 g/mol. The van der Waals surface area contributed by atoms with Gasteiger partial charge in [0.25, 0.3) is 11.8 Å². The van der Waals surface area contributed by atoms with E-state index in [0.29, 0.717) is 16.5 Å². The number of nitrogens with one attached hydrogen (secondary N) is 1. The minimum absolute atomic E-state index is 0.0161. The third kappa shape index (κ3) is 5.17. The van der Waals surface area contributed by atoms with Crippen LogP contribution in [-0.2, 0) is 5.92 Å². The lowest BCUT2D eigenvalue weighted by molar-refractivity contribution is -0.00308. The number of benzene rings is 2. The number of hydrogen-bond acceptors (Lipinski definition) is 7. The van der Waals surface area contributed by atoms with Crippen molar-refractivity contribution in [3.05, 3.63) is 77.0 Å². The number of carbonyl (C=O) groups excluding carboxylic acids is 1. The number of carbonyl (C=O) groups is 1. The Hall–Kier alpha value is -4.34. The number of hydrogen-bond donors (Lipinski definition) is 1. The molecular formula is C26H24F2N4O4. The molecule has 0 atom stereocenters. The molecule has 1 N–H and O–H groups in total. The largest absolute Gasteiger partial charge is 0.481 e. The number of aromatic nitrogens is 3. The molecule has 0 aliphatic heterocycles. The van der Waals surface area contributed by atoms with Crippen LogP contribution in [0.5, 0.6) is 23.5 Å². The van der Waals surface area contributed by atoms with Gasteiger partial charge >= 0.3 is 6.01 Å². The van der Waals surface area contributed by atoms with Gasteiger partial charge in [0.05, 0.1) is 44.1 Å². The molecule has 0 fully saturated rings. The van der Waals surface area contributed by atoms with Gasteiger partial charge in [-0.1, -0.05) is 42.0 Å². The van der Waals surface area contributed by atoms with E-state index in [9.17, 15) is 4.79 Å². The van der Waals surface area contributed by atoms with Crippen LogP contribution in [0.1, 0.15) is 27.0 Å². The van der Waals surface area contributed by atoms with Gasteiger partial charge in [0, 0.05) is 10.9 Å². The van der Waals surface area contributed by atoms with Crippen molar-refractivity contribution in [1.29, 1.82) is 0 Å². The number of nitrogens with zero attached hydrogens (tertiary/aromatic N) is 3. The normalized spacial score (nSPS) is 11.3. The quantitative estimate of drug-likeness (QED) is 0.369. The monoisotopic (exact) mass is 494 g/mol. The van der Waals surface area contributed by atoms with Gasteiger partial charge in [-0.05, 0) is 25.5 Å². The van der Waals surface area contributed by atoms with E-state index in [4.69, 9.17) is 14.2 Å². The number of ether oxygens (including phenoxy) is 3. The van der Waals surface area contributed by atoms with Gasteiger partial charge in [-0.2, -0.15) is 18.7 Å². The van der Waals surface area contributed by atoms with Crippen LogP contribution in [0.15, 0.2) is 54.7 Å². The van der Waals surface area contributed by atoms with E-state index in [2.05, 4.69) is 20.3 Å². The summed E-state index contributed by atoms with van der Waals surface area (Å²) in [4.78, 5) is 25.8. The van der Waals surface area contributed by atoms with Gasteiger partial charge < -0.3 is 19.5 Å². The molecule has 0 aliphatic rings. The van der Waals surface area contributed by atoms with Crippen LogP contribution in [-0.4, -0.2) is 41.6 Å². The van der Waals surface area contributed by atoms with Crippen molar-refractivity contribution in [2.24, 2.45) is 0 Å². The fourth-order valence-corrected chi connectivity index (χ4v) is 3.77. The summed E-state index contributed by atoms with van der Waals surface area (Å²) in [5, 5.41) is 2.77. The summed E-state index contributed by atoms with van der Waals surface area (Å²) < 4.78 is 46.1. The molecule has 0 saturated carbocycles. The first kappa shape index (κ1) is 24.8.